The van der Waals surface area contributed by atoms with Crippen molar-refractivity contribution in [3.05, 3.63) is 102 Å². The first kappa shape index (κ1) is 28.2. The van der Waals surface area contributed by atoms with Gasteiger partial charge in [0, 0.05) is 12.8 Å². The Balaban J connectivity index is 1.64. The first-order chi connectivity index (χ1) is 18.4. The quantitative estimate of drug-likeness (QED) is 0.271. The molecular formula is C30H34N2O6. The lowest BCUT2D eigenvalue weighted by Crippen LogP contribution is -2.53. The Hall–Kier alpha value is -4.33. The maximum atomic E-state index is 13.2. The number of hydrogen-bond donors (Lipinski definition) is 3. The van der Waals surface area contributed by atoms with Crippen LogP contribution in [0.4, 0.5) is 4.79 Å². The molecule has 0 aliphatic carbocycles. The van der Waals surface area contributed by atoms with Gasteiger partial charge in [0.05, 0.1) is 6.61 Å². The van der Waals surface area contributed by atoms with Gasteiger partial charge >= 0.3 is 12.1 Å². The first-order valence-electron chi connectivity index (χ1n) is 12.7. The molecule has 0 heterocycles. The van der Waals surface area contributed by atoms with Gasteiger partial charge in [0.2, 0.25) is 5.91 Å². The highest BCUT2D eigenvalue weighted by molar-refractivity contribution is 5.89. The summed E-state index contributed by atoms with van der Waals surface area (Å²) in [6.45, 7) is 2.75. The van der Waals surface area contributed by atoms with E-state index < -0.39 is 30.1 Å². The van der Waals surface area contributed by atoms with Gasteiger partial charge in [-0.2, -0.15) is 0 Å². The van der Waals surface area contributed by atoms with E-state index in [1.54, 1.807) is 24.3 Å². The van der Waals surface area contributed by atoms with Crippen LogP contribution in [0.25, 0.3) is 0 Å². The molecule has 8 heteroatoms. The molecule has 3 aromatic rings. The van der Waals surface area contributed by atoms with Crippen LogP contribution in [0.1, 0.15) is 36.5 Å². The number of nitrogens with one attached hydrogen (secondary N) is 2. The Morgan fingerprint density at radius 2 is 1.34 bits per heavy atom. The number of rotatable bonds is 14. The maximum absolute atomic E-state index is 13.2. The number of unbranched alkanes of at least 4 members (excludes halogenated alkanes) is 1. The molecule has 0 bridgehead atoms. The zero-order chi connectivity index (χ0) is 27.2. The number of carboxylic acids is 1. The zero-order valence-electron chi connectivity index (χ0n) is 21.5. The highest BCUT2D eigenvalue weighted by Crippen LogP contribution is 2.15. The molecule has 38 heavy (non-hydrogen) atoms. The van der Waals surface area contributed by atoms with Gasteiger partial charge in [0.1, 0.15) is 24.4 Å². The van der Waals surface area contributed by atoms with Crippen LogP contribution < -0.4 is 15.4 Å². The number of alkyl carbamates (subject to hydrolysis) is 1. The van der Waals surface area contributed by atoms with E-state index in [9.17, 15) is 19.5 Å². The number of carbonyl (C=O) groups excluding carboxylic acids is 2. The molecular weight excluding hydrogens is 484 g/mol. The predicted octanol–water partition coefficient (Wildman–Crippen LogP) is 4.52. The topological polar surface area (TPSA) is 114 Å². The van der Waals surface area contributed by atoms with Crippen molar-refractivity contribution >= 4 is 18.0 Å². The second-order valence-corrected chi connectivity index (χ2v) is 8.90. The third-order valence-electron chi connectivity index (χ3n) is 5.85. The average molecular weight is 519 g/mol. The number of aliphatic carboxylic acids is 1. The fourth-order valence-electron chi connectivity index (χ4n) is 3.73. The molecule has 0 aromatic heterocycles. The highest BCUT2D eigenvalue weighted by atomic mass is 16.5. The van der Waals surface area contributed by atoms with E-state index >= 15 is 0 Å². The van der Waals surface area contributed by atoms with E-state index in [1.165, 1.54) is 0 Å². The van der Waals surface area contributed by atoms with Crippen LogP contribution in [0.2, 0.25) is 0 Å². The molecule has 2 amide bonds. The molecule has 0 radical (unpaired) electrons. The second kappa shape index (κ2) is 15.0. The number of hydrogen-bond acceptors (Lipinski definition) is 5. The smallest absolute Gasteiger partial charge is 0.408 e. The van der Waals surface area contributed by atoms with Gasteiger partial charge in [-0.1, -0.05) is 86.1 Å². The van der Waals surface area contributed by atoms with Gasteiger partial charge in [-0.05, 0) is 35.2 Å². The second-order valence-electron chi connectivity index (χ2n) is 8.90. The molecule has 3 rings (SSSR count). The van der Waals surface area contributed by atoms with Crippen molar-refractivity contribution in [3.63, 3.8) is 0 Å². The van der Waals surface area contributed by atoms with Crippen molar-refractivity contribution in [2.45, 2.75) is 51.3 Å². The van der Waals surface area contributed by atoms with E-state index in [4.69, 9.17) is 9.47 Å². The van der Waals surface area contributed by atoms with Crippen molar-refractivity contribution in [2.24, 2.45) is 0 Å². The zero-order valence-corrected chi connectivity index (χ0v) is 21.5. The molecule has 0 fully saturated rings. The van der Waals surface area contributed by atoms with Crippen LogP contribution in [0.3, 0.4) is 0 Å². The summed E-state index contributed by atoms with van der Waals surface area (Å²) < 4.78 is 10.9. The van der Waals surface area contributed by atoms with Gasteiger partial charge < -0.3 is 25.2 Å². The first-order valence-corrected chi connectivity index (χ1v) is 12.7. The molecule has 2 atom stereocenters. The van der Waals surface area contributed by atoms with Gasteiger partial charge in [-0.15, -0.1) is 0 Å². The molecule has 200 valence electrons. The summed E-state index contributed by atoms with van der Waals surface area (Å²) in [5.41, 5.74) is 2.34. The van der Waals surface area contributed by atoms with Gasteiger partial charge in [0.15, 0.2) is 0 Å². The molecule has 0 spiro atoms. The molecule has 0 aliphatic rings. The highest BCUT2D eigenvalue weighted by Gasteiger charge is 2.27. The van der Waals surface area contributed by atoms with Crippen LogP contribution >= 0.6 is 0 Å². The SMILES string of the molecule is CCCCOc1ccc(C[C@H](NC(=O)[C@H](Cc2ccccc2)NC(=O)OCc2ccccc2)C(=O)O)cc1. The lowest BCUT2D eigenvalue weighted by molar-refractivity contribution is -0.142. The van der Waals surface area contributed by atoms with Crippen molar-refractivity contribution < 1.29 is 29.0 Å². The van der Waals surface area contributed by atoms with E-state index in [2.05, 4.69) is 17.6 Å². The third-order valence-corrected chi connectivity index (χ3v) is 5.85. The Morgan fingerprint density at radius 3 is 1.95 bits per heavy atom. The van der Waals surface area contributed by atoms with E-state index in [1.807, 2.05) is 60.7 Å². The Labute approximate surface area is 223 Å². The molecule has 3 N–H and O–H groups in total. The van der Waals surface area contributed by atoms with Crippen LogP contribution in [0.15, 0.2) is 84.9 Å². The molecule has 3 aromatic carbocycles. The number of carboxylic acid groups (broad SMARTS) is 1. The summed E-state index contributed by atoms with van der Waals surface area (Å²) >= 11 is 0. The number of benzene rings is 3. The van der Waals surface area contributed by atoms with Crippen LogP contribution in [-0.2, 0) is 33.8 Å². The average Bonchev–Trinajstić information content (AvgIpc) is 2.93. The maximum Gasteiger partial charge on any atom is 0.408 e. The minimum atomic E-state index is -1.19. The molecule has 0 saturated heterocycles. The molecule has 0 aliphatic heterocycles. The van der Waals surface area contributed by atoms with Gasteiger partial charge in [0.25, 0.3) is 0 Å². The third kappa shape index (κ3) is 9.61. The summed E-state index contributed by atoms with van der Waals surface area (Å²) in [5.74, 6) is -1.08. The minimum absolute atomic E-state index is 0.0439. The molecule has 0 saturated carbocycles. The summed E-state index contributed by atoms with van der Waals surface area (Å²) in [6.07, 6.45) is 1.46. The Kier molecular flexibility index (Phi) is 11.2. The van der Waals surface area contributed by atoms with Crippen molar-refractivity contribution in [3.8, 4) is 5.75 Å². The number of amides is 2. The largest absolute Gasteiger partial charge is 0.494 e. The van der Waals surface area contributed by atoms with Crippen LogP contribution in [-0.4, -0.2) is 41.8 Å². The lowest BCUT2D eigenvalue weighted by atomic mass is 10.0. The summed E-state index contributed by atoms with van der Waals surface area (Å²) in [6, 6.07) is 23.3. The van der Waals surface area contributed by atoms with Crippen molar-refractivity contribution in [1.82, 2.24) is 10.6 Å². The van der Waals surface area contributed by atoms with E-state index in [0.717, 1.165) is 29.5 Å². The summed E-state index contributed by atoms with van der Waals surface area (Å²) in [7, 11) is 0. The van der Waals surface area contributed by atoms with E-state index in [0.29, 0.717) is 12.4 Å². The Bertz CT molecular complexity index is 1150. The van der Waals surface area contributed by atoms with Crippen molar-refractivity contribution in [2.75, 3.05) is 6.61 Å². The van der Waals surface area contributed by atoms with Gasteiger partial charge in [-0.25, -0.2) is 9.59 Å². The summed E-state index contributed by atoms with van der Waals surface area (Å²) in [5, 5.41) is 15.0. The normalized spacial score (nSPS) is 12.1. The number of ether oxygens (including phenoxy) is 2. The van der Waals surface area contributed by atoms with Gasteiger partial charge in [-0.3, -0.25) is 4.79 Å². The van der Waals surface area contributed by atoms with Crippen LogP contribution in [0, 0.1) is 0 Å². The standard InChI is InChI=1S/C30H34N2O6/c1-2-3-18-37-25-16-14-23(15-17-25)20-27(29(34)35)31-28(33)26(19-22-10-6-4-7-11-22)32-30(36)38-21-24-12-8-5-9-13-24/h4-17,26-27H,2-3,18-21H2,1H3,(H,31,33)(H,32,36)(H,34,35)/t26-,27-/m0/s1. The monoisotopic (exact) mass is 518 g/mol. The minimum Gasteiger partial charge on any atom is -0.494 e. The summed E-state index contributed by atoms with van der Waals surface area (Å²) in [4.78, 5) is 37.7. The van der Waals surface area contributed by atoms with Crippen molar-refractivity contribution in [1.29, 1.82) is 0 Å². The van der Waals surface area contributed by atoms with Crippen LogP contribution in [0.5, 0.6) is 5.75 Å². The van der Waals surface area contributed by atoms with E-state index in [-0.39, 0.29) is 19.4 Å². The fourth-order valence-corrected chi connectivity index (χ4v) is 3.73. The fraction of sp³-hybridized carbons (Fsp3) is 0.300. The molecule has 0 unspecified atom stereocenters. The lowest BCUT2D eigenvalue weighted by Gasteiger charge is -2.22. The Morgan fingerprint density at radius 1 is 0.763 bits per heavy atom. The molecule has 8 nitrogen and oxygen atoms in total. The number of carbonyl (C=O) groups is 3. The predicted molar refractivity (Wildman–Crippen MR) is 144 cm³/mol.